The van der Waals surface area contributed by atoms with Gasteiger partial charge in [-0.3, -0.25) is 14.5 Å². The van der Waals surface area contributed by atoms with Gasteiger partial charge in [-0.25, -0.2) is 0 Å². The molecule has 1 aromatic rings. The van der Waals surface area contributed by atoms with Crippen LogP contribution < -0.4 is 16.0 Å². The summed E-state index contributed by atoms with van der Waals surface area (Å²) < 4.78 is 0. The number of hydrogen-bond acceptors (Lipinski definition) is 5. The summed E-state index contributed by atoms with van der Waals surface area (Å²) in [6.45, 7) is 7.69. The Morgan fingerprint density at radius 1 is 1.27 bits per heavy atom. The largest absolute Gasteiger partial charge is 0.358 e. The van der Waals surface area contributed by atoms with Crippen LogP contribution in [0.15, 0.2) is 24.3 Å². The first kappa shape index (κ1) is 25.9. The normalized spacial score (nSPS) is 24.2. The highest BCUT2D eigenvalue weighted by molar-refractivity contribution is 6.30. The molecule has 2 fully saturated rings. The number of likely N-dealkylation sites (tertiary alicyclic amines) is 1. The number of rotatable bonds is 10. The molecule has 0 unspecified atom stereocenters. The Morgan fingerprint density at radius 2 is 2.00 bits per heavy atom. The number of halogens is 1. The minimum absolute atomic E-state index is 0.0117. The van der Waals surface area contributed by atoms with E-state index in [4.69, 9.17) is 11.6 Å². The molecule has 4 atom stereocenters. The highest BCUT2D eigenvalue weighted by Gasteiger charge is 2.40. The Hall–Kier alpha value is -1.67. The van der Waals surface area contributed by atoms with E-state index in [1.54, 1.807) is 7.05 Å². The second-order valence-electron chi connectivity index (χ2n) is 9.90. The van der Waals surface area contributed by atoms with Gasteiger partial charge >= 0.3 is 0 Å². The Balaban J connectivity index is 1.71. The van der Waals surface area contributed by atoms with Crippen LogP contribution in [0.2, 0.25) is 5.02 Å². The van der Waals surface area contributed by atoms with Crippen molar-refractivity contribution in [3.05, 3.63) is 34.9 Å². The number of benzene rings is 1. The minimum Gasteiger partial charge on any atom is -0.358 e. The van der Waals surface area contributed by atoms with Gasteiger partial charge in [-0.05, 0) is 55.8 Å². The molecule has 0 radical (unpaired) electrons. The number of nitrogens with one attached hydrogen (secondary N) is 3. The van der Waals surface area contributed by atoms with Crippen molar-refractivity contribution >= 4 is 23.4 Å². The molecule has 2 saturated heterocycles. The zero-order valence-corrected chi connectivity index (χ0v) is 21.2. The van der Waals surface area contributed by atoms with Crippen LogP contribution in [0.5, 0.6) is 0 Å². The molecule has 0 bridgehead atoms. The topological polar surface area (TPSA) is 76.7 Å². The molecule has 184 valence electrons. The molecule has 2 heterocycles. The zero-order chi connectivity index (χ0) is 24.0. The Labute approximate surface area is 203 Å². The molecule has 0 saturated carbocycles. The molecule has 3 N–H and O–H groups in total. The van der Waals surface area contributed by atoms with E-state index < -0.39 is 0 Å². The fourth-order valence-electron chi connectivity index (χ4n) is 5.01. The van der Waals surface area contributed by atoms with Crippen LogP contribution in [-0.4, -0.2) is 86.1 Å². The first-order valence-electron chi connectivity index (χ1n) is 12.2. The van der Waals surface area contributed by atoms with Crippen molar-refractivity contribution in [1.82, 2.24) is 25.8 Å². The average Bonchev–Trinajstić information content (AvgIpc) is 3.46. The lowest BCUT2D eigenvalue weighted by molar-refractivity contribution is -0.134. The average molecular weight is 478 g/mol. The molecule has 8 heteroatoms. The number of likely N-dealkylation sites (N-methyl/N-ethyl adjacent to an activating group) is 2. The van der Waals surface area contributed by atoms with Crippen molar-refractivity contribution < 1.29 is 9.59 Å². The lowest BCUT2D eigenvalue weighted by Gasteiger charge is -2.30. The molecule has 7 nitrogen and oxygen atoms in total. The van der Waals surface area contributed by atoms with Crippen molar-refractivity contribution in [1.29, 1.82) is 0 Å². The first-order chi connectivity index (χ1) is 15.8. The van der Waals surface area contributed by atoms with Crippen LogP contribution in [0.1, 0.15) is 38.7 Å². The summed E-state index contributed by atoms with van der Waals surface area (Å²) in [4.78, 5) is 30.3. The smallest absolute Gasteiger partial charge is 0.240 e. The molecule has 1 aromatic carbocycles. The van der Waals surface area contributed by atoms with E-state index >= 15 is 0 Å². The van der Waals surface area contributed by atoms with E-state index in [1.807, 2.05) is 36.2 Å². The number of carbonyl (C=O) groups excluding carboxylic acids is 2. The standard InChI is InChI=1S/C25H40ClN5O2/c1-17(2)15-31-16-21(13-23(31)24(32)27-3)30(4)25(33)22(29-14-20-6-5-11-28-20)12-18-7-9-19(26)10-8-18/h7-10,17,20-23,28-29H,5-6,11-16H2,1-4H3,(H,27,32)/t20-,21+,22-,23+/m1/s1. The van der Waals surface area contributed by atoms with Crippen LogP contribution in [0.4, 0.5) is 0 Å². The Morgan fingerprint density at radius 3 is 2.61 bits per heavy atom. The zero-order valence-electron chi connectivity index (χ0n) is 20.4. The van der Waals surface area contributed by atoms with E-state index in [2.05, 4.69) is 34.7 Å². The maximum atomic E-state index is 13.7. The summed E-state index contributed by atoms with van der Waals surface area (Å²) in [5, 5.41) is 10.5. The van der Waals surface area contributed by atoms with Crippen molar-refractivity contribution in [2.24, 2.45) is 5.92 Å². The van der Waals surface area contributed by atoms with Crippen molar-refractivity contribution in [3.8, 4) is 0 Å². The predicted molar refractivity (Wildman–Crippen MR) is 133 cm³/mol. The maximum absolute atomic E-state index is 13.7. The highest BCUT2D eigenvalue weighted by Crippen LogP contribution is 2.24. The van der Waals surface area contributed by atoms with Gasteiger partial charge in [-0.1, -0.05) is 37.6 Å². The van der Waals surface area contributed by atoms with Gasteiger partial charge in [0.2, 0.25) is 11.8 Å². The number of amides is 2. The number of carbonyl (C=O) groups is 2. The van der Waals surface area contributed by atoms with Gasteiger partial charge in [0, 0.05) is 50.8 Å². The lowest BCUT2D eigenvalue weighted by Crippen LogP contribution is -2.52. The third kappa shape index (κ3) is 7.15. The second kappa shape index (κ2) is 12.2. The molecule has 2 amide bonds. The first-order valence-corrected chi connectivity index (χ1v) is 12.6. The van der Waals surface area contributed by atoms with Crippen LogP contribution in [-0.2, 0) is 16.0 Å². The summed E-state index contributed by atoms with van der Waals surface area (Å²) in [6, 6.07) is 7.61. The summed E-state index contributed by atoms with van der Waals surface area (Å²) >= 11 is 6.06. The van der Waals surface area contributed by atoms with Gasteiger partial charge in [-0.15, -0.1) is 0 Å². The van der Waals surface area contributed by atoms with Crippen LogP contribution in [0.3, 0.4) is 0 Å². The van der Waals surface area contributed by atoms with E-state index in [9.17, 15) is 9.59 Å². The SMILES string of the molecule is CNC(=O)[C@@H]1C[C@H](N(C)C(=O)[C@@H](Cc2ccc(Cl)cc2)NC[C@H]2CCCN2)CN1CC(C)C. The lowest BCUT2D eigenvalue weighted by atomic mass is 10.0. The molecule has 33 heavy (non-hydrogen) atoms. The minimum atomic E-state index is -0.323. The molecule has 2 aliphatic rings. The van der Waals surface area contributed by atoms with Gasteiger partial charge in [0.05, 0.1) is 12.1 Å². The predicted octanol–water partition coefficient (Wildman–Crippen LogP) is 1.90. The van der Waals surface area contributed by atoms with Crippen LogP contribution in [0, 0.1) is 5.92 Å². The van der Waals surface area contributed by atoms with Gasteiger partial charge in [0.15, 0.2) is 0 Å². The maximum Gasteiger partial charge on any atom is 0.240 e. The van der Waals surface area contributed by atoms with Gasteiger partial charge in [0.1, 0.15) is 0 Å². The Kier molecular flexibility index (Phi) is 9.56. The third-order valence-corrected chi connectivity index (χ3v) is 7.10. The molecular formula is C25H40ClN5O2. The van der Waals surface area contributed by atoms with Crippen molar-refractivity contribution in [2.75, 3.05) is 40.3 Å². The molecular weight excluding hydrogens is 438 g/mol. The molecule has 0 spiro atoms. The van der Waals surface area contributed by atoms with Crippen LogP contribution >= 0.6 is 11.6 Å². The second-order valence-corrected chi connectivity index (χ2v) is 10.3. The molecule has 0 aromatic heterocycles. The van der Waals surface area contributed by atoms with Gasteiger partial charge in [0.25, 0.3) is 0 Å². The number of hydrogen-bond donors (Lipinski definition) is 3. The fraction of sp³-hybridized carbons (Fsp3) is 0.680. The monoisotopic (exact) mass is 477 g/mol. The van der Waals surface area contributed by atoms with E-state index in [0.29, 0.717) is 29.8 Å². The van der Waals surface area contributed by atoms with Crippen LogP contribution in [0.25, 0.3) is 0 Å². The quantitative estimate of drug-likeness (QED) is 0.480. The number of nitrogens with zero attached hydrogens (tertiary/aromatic N) is 2. The Bertz CT molecular complexity index is 782. The molecule has 3 rings (SSSR count). The van der Waals surface area contributed by atoms with Gasteiger partial charge in [-0.2, -0.15) is 0 Å². The van der Waals surface area contributed by atoms with Crippen molar-refractivity contribution in [3.63, 3.8) is 0 Å². The van der Waals surface area contributed by atoms with E-state index in [0.717, 1.165) is 38.2 Å². The molecule has 0 aliphatic carbocycles. The summed E-state index contributed by atoms with van der Waals surface area (Å²) in [5.41, 5.74) is 1.08. The fourth-order valence-corrected chi connectivity index (χ4v) is 5.14. The highest BCUT2D eigenvalue weighted by atomic mass is 35.5. The summed E-state index contributed by atoms with van der Waals surface area (Å²) in [7, 11) is 3.57. The van der Waals surface area contributed by atoms with E-state index in [1.165, 1.54) is 6.42 Å². The van der Waals surface area contributed by atoms with Crippen molar-refractivity contribution in [2.45, 2.75) is 63.7 Å². The van der Waals surface area contributed by atoms with E-state index in [-0.39, 0.29) is 29.9 Å². The van der Waals surface area contributed by atoms with Gasteiger partial charge < -0.3 is 20.9 Å². The third-order valence-electron chi connectivity index (χ3n) is 6.85. The molecule has 2 aliphatic heterocycles. The summed E-state index contributed by atoms with van der Waals surface area (Å²) in [6.07, 6.45) is 3.57. The summed E-state index contributed by atoms with van der Waals surface area (Å²) in [5.74, 6) is 0.562.